The Labute approximate surface area is 157 Å². The molecule has 7 heteroatoms. The average Bonchev–Trinajstić information content (AvgIpc) is 3.02. The molecule has 27 heavy (non-hydrogen) atoms. The molecule has 7 nitrogen and oxygen atoms in total. The van der Waals surface area contributed by atoms with Crippen molar-refractivity contribution in [2.45, 2.75) is 24.9 Å². The van der Waals surface area contributed by atoms with Gasteiger partial charge in [0, 0.05) is 56.9 Å². The molecule has 0 radical (unpaired) electrons. The molecule has 1 aromatic carbocycles. The molecule has 142 valence electrons. The van der Waals surface area contributed by atoms with Gasteiger partial charge in [-0.1, -0.05) is 12.1 Å². The number of aryl methyl sites for hydroxylation is 1. The van der Waals surface area contributed by atoms with Gasteiger partial charge in [-0.25, -0.2) is 4.79 Å². The maximum Gasteiger partial charge on any atom is 0.320 e. The fourth-order valence-corrected chi connectivity index (χ4v) is 4.74. The Kier molecular flexibility index (Phi) is 3.93. The van der Waals surface area contributed by atoms with Crippen LogP contribution in [0.5, 0.6) is 0 Å². The summed E-state index contributed by atoms with van der Waals surface area (Å²) in [6, 6.07) is 6.38. The van der Waals surface area contributed by atoms with E-state index in [-0.39, 0.29) is 30.4 Å². The predicted molar refractivity (Wildman–Crippen MR) is 99.5 cm³/mol. The smallest absolute Gasteiger partial charge is 0.320 e. The number of likely N-dealkylation sites (tertiary alicyclic amines) is 2. The molecule has 5 rings (SSSR count). The van der Waals surface area contributed by atoms with Crippen molar-refractivity contribution in [2.75, 3.05) is 32.8 Å². The van der Waals surface area contributed by atoms with Crippen molar-refractivity contribution < 1.29 is 14.3 Å². The van der Waals surface area contributed by atoms with Crippen molar-refractivity contribution in [3.63, 3.8) is 0 Å². The molecule has 4 heterocycles. The summed E-state index contributed by atoms with van der Waals surface area (Å²) in [7, 11) is 1.95. The van der Waals surface area contributed by atoms with Crippen LogP contribution in [0.3, 0.4) is 0 Å². The number of hydrogen-bond donors (Lipinski definition) is 0. The second-order valence-corrected chi connectivity index (χ2v) is 8.02. The third-order valence-corrected chi connectivity index (χ3v) is 6.30. The van der Waals surface area contributed by atoms with E-state index in [4.69, 9.17) is 4.74 Å². The number of rotatable bonds is 1. The molecule has 0 bridgehead atoms. The summed E-state index contributed by atoms with van der Waals surface area (Å²) in [5.41, 5.74) is 2.40. The maximum atomic E-state index is 12.9. The summed E-state index contributed by atoms with van der Waals surface area (Å²) in [6.07, 6.45) is 3.43. The van der Waals surface area contributed by atoms with Gasteiger partial charge in [0.15, 0.2) is 5.78 Å². The number of ether oxygens (including phenoxy) is 1. The van der Waals surface area contributed by atoms with Crippen LogP contribution in [0.2, 0.25) is 0 Å². The van der Waals surface area contributed by atoms with E-state index < -0.39 is 0 Å². The Bertz CT molecular complexity index is 902. The van der Waals surface area contributed by atoms with Crippen molar-refractivity contribution in [1.82, 2.24) is 19.6 Å². The van der Waals surface area contributed by atoms with E-state index in [2.05, 4.69) is 23.3 Å². The van der Waals surface area contributed by atoms with Crippen LogP contribution in [-0.4, -0.2) is 70.3 Å². The number of fused-ring (bicyclic) bond motifs is 2. The first-order valence-electron chi connectivity index (χ1n) is 9.68. The Morgan fingerprint density at radius 1 is 1.22 bits per heavy atom. The van der Waals surface area contributed by atoms with E-state index >= 15 is 0 Å². The van der Waals surface area contributed by atoms with Gasteiger partial charge in [0.2, 0.25) is 0 Å². The van der Waals surface area contributed by atoms with Gasteiger partial charge >= 0.3 is 6.03 Å². The summed E-state index contributed by atoms with van der Waals surface area (Å²) in [4.78, 5) is 28.4. The second-order valence-electron chi connectivity index (χ2n) is 8.02. The average molecular weight is 368 g/mol. The summed E-state index contributed by atoms with van der Waals surface area (Å²) >= 11 is 0. The van der Waals surface area contributed by atoms with Gasteiger partial charge in [-0.2, -0.15) is 5.10 Å². The van der Waals surface area contributed by atoms with Gasteiger partial charge in [-0.05, 0) is 18.1 Å². The van der Waals surface area contributed by atoms with Crippen LogP contribution < -0.4 is 0 Å². The number of urea groups is 1. The van der Waals surface area contributed by atoms with Gasteiger partial charge in [0.05, 0.1) is 17.8 Å². The van der Waals surface area contributed by atoms with Crippen molar-refractivity contribution in [1.29, 1.82) is 0 Å². The van der Waals surface area contributed by atoms with Crippen molar-refractivity contribution in [2.24, 2.45) is 13.0 Å². The summed E-state index contributed by atoms with van der Waals surface area (Å²) in [5.74, 6) is 0.670. The Morgan fingerprint density at radius 2 is 2.07 bits per heavy atom. The highest BCUT2D eigenvalue weighted by atomic mass is 16.5. The molecule has 0 unspecified atom stereocenters. The highest BCUT2D eigenvalue weighted by molar-refractivity contribution is 5.84. The Hall–Kier alpha value is -2.41. The first kappa shape index (κ1) is 16.7. The molecule has 0 saturated carbocycles. The summed E-state index contributed by atoms with van der Waals surface area (Å²) in [5, 5.41) is 5.53. The number of benzene rings is 1. The number of piperidine rings is 1. The lowest BCUT2D eigenvalue weighted by atomic mass is 9.87. The predicted octanol–water partition coefficient (Wildman–Crippen LogP) is 1.77. The zero-order valence-electron chi connectivity index (χ0n) is 15.5. The van der Waals surface area contributed by atoms with Gasteiger partial charge in [0.1, 0.15) is 6.61 Å². The van der Waals surface area contributed by atoms with E-state index in [1.165, 1.54) is 10.9 Å². The van der Waals surface area contributed by atoms with Crippen molar-refractivity contribution in [3.8, 4) is 0 Å². The molecule has 0 N–H and O–H groups in total. The van der Waals surface area contributed by atoms with E-state index in [9.17, 15) is 9.59 Å². The highest BCUT2D eigenvalue weighted by Crippen LogP contribution is 2.34. The van der Waals surface area contributed by atoms with Gasteiger partial charge in [-0.15, -0.1) is 0 Å². The number of aromatic nitrogens is 2. The second kappa shape index (κ2) is 6.34. The molecular weight excluding hydrogens is 344 g/mol. The fourth-order valence-electron chi connectivity index (χ4n) is 4.74. The topological polar surface area (TPSA) is 67.7 Å². The van der Waals surface area contributed by atoms with Gasteiger partial charge in [-0.3, -0.25) is 9.48 Å². The molecule has 3 fully saturated rings. The molecule has 2 aromatic rings. The molecule has 0 aliphatic carbocycles. The van der Waals surface area contributed by atoms with Crippen LogP contribution in [0.1, 0.15) is 24.3 Å². The summed E-state index contributed by atoms with van der Waals surface area (Å²) in [6.45, 7) is 3.07. The first-order valence-corrected chi connectivity index (χ1v) is 9.68. The number of carbonyl (C=O) groups excluding carboxylic acids is 2. The highest BCUT2D eigenvalue weighted by Gasteiger charge is 2.40. The van der Waals surface area contributed by atoms with Crippen LogP contribution in [-0.2, 0) is 16.6 Å². The number of carbonyl (C=O) groups is 2. The van der Waals surface area contributed by atoms with Crippen LogP contribution in [0.25, 0.3) is 10.9 Å². The number of amides is 2. The van der Waals surface area contributed by atoms with Crippen LogP contribution in [0.4, 0.5) is 4.79 Å². The third-order valence-electron chi connectivity index (χ3n) is 6.30. The van der Waals surface area contributed by atoms with Crippen LogP contribution in [0, 0.1) is 5.92 Å². The third kappa shape index (κ3) is 2.81. The minimum Gasteiger partial charge on any atom is -0.370 e. The fraction of sp³-hybridized carbons (Fsp3) is 0.550. The Balaban J connectivity index is 1.24. The molecule has 1 aromatic heterocycles. The van der Waals surface area contributed by atoms with E-state index in [1.807, 2.05) is 27.7 Å². The first-order chi connectivity index (χ1) is 13.1. The lowest BCUT2D eigenvalue weighted by Gasteiger charge is -2.46. The van der Waals surface area contributed by atoms with Gasteiger partial charge < -0.3 is 14.5 Å². The largest absolute Gasteiger partial charge is 0.370 e. The quantitative estimate of drug-likeness (QED) is 0.769. The minimum atomic E-state index is 0.0982. The molecule has 3 aliphatic heterocycles. The molecular formula is C20H24N4O3. The minimum absolute atomic E-state index is 0.0982. The normalized spacial score (nSPS) is 26.2. The zero-order valence-corrected chi connectivity index (χ0v) is 15.5. The molecule has 3 aliphatic rings. The lowest BCUT2D eigenvalue weighted by molar-refractivity contribution is -0.140. The number of Topliss-reactive ketones (excluding diaryl/α,β-unsaturated/α-hetero) is 1. The zero-order chi connectivity index (χ0) is 18.5. The van der Waals surface area contributed by atoms with Crippen molar-refractivity contribution >= 4 is 22.7 Å². The van der Waals surface area contributed by atoms with E-state index in [0.717, 1.165) is 25.0 Å². The standard InChI is InChI=1S/C20H24N4O3/c1-22-18-4-2-3-16(17(18)8-21-22)14-10-24(11-14)20(26)23-6-5-19-13(9-23)7-15(25)12-27-19/h2-4,8,13-14,19H,5-7,9-12H2,1H3/t13-,19+/m1/s1. The van der Waals surface area contributed by atoms with Crippen LogP contribution in [0.15, 0.2) is 24.4 Å². The van der Waals surface area contributed by atoms with Crippen LogP contribution >= 0.6 is 0 Å². The number of hydrogen-bond acceptors (Lipinski definition) is 4. The number of nitrogens with zero attached hydrogens (tertiary/aromatic N) is 4. The lowest BCUT2D eigenvalue weighted by Crippen LogP contribution is -2.58. The molecule has 2 amide bonds. The SMILES string of the molecule is Cn1ncc2c(C3CN(C(=O)N4CC[C@@H]5OCC(=O)C[C@@H]5C4)C3)cccc21. The van der Waals surface area contributed by atoms with E-state index in [0.29, 0.717) is 25.4 Å². The molecule has 2 atom stereocenters. The van der Waals surface area contributed by atoms with E-state index in [1.54, 1.807) is 0 Å². The molecule has 3 saturated heterocycles. The monoisotopic (exact) mass is 368 g/mol. The van der Waals surface area contributed by atoms with Crippen molar-refractivity contribution in [3.05, 3.63) is 30.0 Å². The molecule has 0 spiro atoms. The van der Waals surface area contributed by atoms with Gasteiger partial charge in [0.25, 0.3) is 0 Å². The maximum absolute atomic E-state index is 12.9. The Morgan fingerprint density at radius 3 is 2.93 bits per heavy atom. The number of ketones is 1. The summed E-state index contributed by atoms with van der Waals surface area (Å²) < 4.78 is 7.52.